The molecular formula is C14H24N2O4S. The van der Waals surface area contributed by atoms with Gasteiger partial charge >= 0.3 is 5.97 Å². The molecule has 2 fully saturated rings. The fourth-order valence-electron chi connectivity index (χ4n) is 3.10. The Kier molecular flexibility index (Phi) is 4.56. The van der Waals surface area contributed by atoms with Crippen LogP contribution in [0.15, 0.2) is 0 Å². The molecule has 1 unspecified atom stereocenters. The Balaban J connectivity index is 2.14. The Morgan fingerprint density at radius 3 is 2.67 bits per heavy atom. The minimum absolute atomic E-state index is 0.267. The van der Waals surface area contributed by atoms with Gasteiger partial charge in [-0.3, -0.25) is 10.1 Å². The maximum Gasteiger partial charge on any atom is 0.327 e. The Bertz CT molecular complexity index is 443. The number of carbonyl (C=O) groups is 2. The number of nitrogens with zero attached hydrogens (tertiary/aromatic N) is 1. The van der Waals surface area contributed by atoms with Crippen molar-refractivity contribution in [3.8, 4) is 0 Å². The third kappa shape index (κ3) is 2.45. The Hall–Kier alpha value is -0.790. The number of fused-ring (bicyclic) bond motifs is 1. The molecule has 7 heteroatoms. The Labute approximate surface area is 129 Å². The van der Waals surface area contributed by atoms with E-state index in [2.05, 4.69) is 12.2 Å². The summed E-state index contributed by atoms with van der Waals surface area (Å²) in [6.07, 6.45) is 3.16. The number of hydrogen-bond acceptors (Lipinski definition) is 5. The van der Waals surface area contributed by atoms with Crippen molar-refractivity contribution in [3.63, 3.8) is 0 Å². The average molecular weight is 316 g/mol. The zero-order valence-electron chi connectivity index (χ0n) is 13.0. The quantitative estimate of drug-likeness (QED) is 0.418. The number of aliphatic carboxylic acids is 1. The van der Waals surface area contributed by atoms with Gasteiger partial charge in [-0.25, -0.2) is 4.79 Å². The molecule has 2 saturated heterocycles. The van der Waals surface area contributed by atoms with E-state index in [0.717, 1.165) is 19.3 Å². The van der Waals surface area contributed by atoms with Crippen molar-refractivity contribution in [1.82, 2.24) is 10.2 Å². The highest BCUT2D eigenvalue weighted by atomic mass is 32.2. The third-order valence-corrected chi connectivity index (χ3v) is 5.84. The van der Waals surface area contributed by atoms with Gasteiger partial charge in [0, 0.05) is 11.9 Å². The molecule has 2 N–H and O–H groups in total. The van der Waals surface area contributed by atoms with Gasteiger partial charge in [-0.1, -0.05) is 19.8 Å². The van der Waals surface area contributed by atoms with Gasteiger partial charge in [0.25, 0.3) is 5.91 Å². The van der Waals surface area contributed by atoms with E-state index in [1.807, 2.05) is 13.8 Å². The molecule has 2 aliphatic heterocycles. The topological polar surface area (TPSA) is 78.9 Å². The summed E-state index contributed by atoms with van der Waals surface area (Å²) in [5.41, 5.74) is -1.07. The van der Waals surface area contributed by atoms with Gasteiger partial charge in [0.05, 0.1) is 0 Å². The van der Waals surface area contributed by atoms with Gasteiger partial charge < -0.3 is 14.7 Å². The van der Waals surface area contributed by atoms with Crippen LogP contribution in [-0.4, -0.2) is 57.4 Å². The number of nitrogens with one attached hydrogen (secondary N) is 1. The lowest BCUT2D eigenvalue weighted by molar-refractivity contribution is -0.200. The van der Waals surface area contributed by atoms with Crippen molar-refractivity contribution in [1.29, 1.82) is 0 Å². The molecule has 0 radical (unpaired) electrons. The van der Waals surface area contributed by atoms with Gasteiger partial charge in [0.2, 0.25) is 5.72 Å². The van der Waals surface area contributed by atoms with Crippen LogP contribution in [0.1, 0.15) is 40.0 Å². The fourth-order valence-corrected chi connectivity index (χ4v) is 4.80. The summed E-state index contributed by atoms with van der Waals surface area (Å²) in [6.45, 7) is 6.53. The molecule has 3 atom stereocenters. The van der Waals surface area contributed by atoms with Crippen LogP contribution in [0.25, 0.3) is 0 Å². The van der Waals surface area contributed by atoms with Gasteiger partial charge in [0.15, 0.2) is 0 Å². The number of hydrogen-bond donors (Lipinski definition) is 2. The van der Waals surface area contributed by atoms with Crippen LogP contribution in [0.2, 0.25) is 0 Å². The molecule has 0 aromatic heterocycles. The molecule has 120 valence electrons. The molecule has 2 rings (SSSR count). The van der Waals surface area contributed by atoms with E-state index in [0.29, 0.717) is 6.54 Å². The van der Waals surface area contributed by atoms with E-state index in [9.17, 15) is 14.7 Å². The predicted molar refractivity (Wildman–Crippen MR) is 81.0 cm³/mol. The first-order valence-corrected chi connectivity index (χ1v) is 8.23. The van der Waals surface area contributed by atoms with Crippen LogP contribution in [0.5, 0.6) is 0 Å². The first kappa shape index (κ1) is 16.6. The monoisotopic (exact) mass is 316 g/mol. The van der Waals surface area contributed by atoms with Crippen molar-refractivity contribution in [3.05, 3.63) is 0 Å². The van der Waals surface area contributed by atoms with E-state index < -0.39 is 22.5 Å². The predicted octanol–water partition coefficient (Wildman–Crippen LogP) is 1.26. The lowest BCUT2D eigenvalue weighted by atomic mass is 9.93. The summed E-state index contributed by atoms with van der Waals surface area (Å²) < 4.78 is 4.96. The molecule has 0 aromatic rings. The molecule has 0 bridgehead atoms. The summed E-state index contributed by atoms with van der Waals surface area (Å²) in [6, 6.07) is -0.805. The van der Waals surface area contributed by atoms with Crippen LogP contribution in [0.4, 0.5) is 0 Å². The summed E-state index contributed by atoms with van der Waals surface area (Å²) >= 11 is 1.49. The largest absolute Gasteiger partial charge is 0.480 e. The number of carbonyl (C=O) groups excluding carboxylic acids is 1. The number of carboxylic acids is 1. The molecule has 0 spiro atoms. The maximum atomic E-state index is 12.5. The molecule has 0 aromatic carbocycles. The van der Waals surface area contributed by atoms with Crippen LogP contribution >= 0.6 is 11.8 Å². The highest BCUT2D eigenvalue weighted by molar-refractivity contribution is 8.01. The SMILES string of the molecule is CCCCCNC1(OC)C(=O)N2[C@@H](C(=O)O)C(C)(C)S[C@@H]21. The van der Waals surface area contributed by atoms with Crippen LogP contribution in [0.3, 0.4) is 0 Å². The van der Waals surface area contributed by atoms with Gasteiger partial charge in [0.1, 0.15) is 11.4 Å². The Morgan fingerprint density at radius 1 is 1.48 bits per heavy atom. The number of thioether (sulfide) groups is 1. The van der Waals surface area contributed by atoms with Crippen molar-refractivity contribution >= 4 is 23.6 Å². The number of amides is 1. The average Bonchev–Trinajstić information content (AvgIpc) is 2.68. The summed E-state index contributed by atoms with van der Waals surface area (Å²) in [5.74, 6) is -1.23. The first-order valence-electron chi connectivity index (χ1n) is 7.35. The standard InChI is InChI=1S/C14H24N2O4S/c1-5-6-7-8-15-14(20-4)11(19)16-9(10(17)18)13(2,3)21-12(14)16/h9,12,15H,5-8H2,1-4H3,(H,17,18)/t9-,12+,14?/m0/s1. The third-order valence-electron chi connectivity index (χ3n) is 4.23. The molecule has 0 aliphatic carbocycles. The minimum Gasteiger partial charge on any atom is -0.480 e. The molecule has 0 saturated carbocycles. The molecule has 21 heavy (non-hydrogen) atoms. The second-order valence-electron chi connectivity index (χ2n) is 6.10. The molecular weight excluding hydrogens is 292 g/mol. The highest BCUT2D eigenvalue weighted by Crippen LogP contribution is 2.54. The second-order valence-corrected chi connectivity index (χ2v) is 7.83. The van der Waals surface area contributed by atoms with Gasteiger partial charge in [-0.15, -0.1) is 11.8 Å². The van der Waals surface area contributed by atoms with Gasteiger partial charge in [-0.05, 0) is 26.8 Å². The number of β-lactam (4-membered cyclic amide) rings is 1. The van der Waals surface area contributed by atoms with Crippen molar-refractivity contribution in [2.45, 2.75) is 61.9 Å². The normalized spacial score (nSPS) is 33.7. The van der Waals surface area contributed by atoms with Crippen LogP contribution < -0.4 is 5.32 Å². The van der Waals surface area contributed by atoms with Crippen molar-refractivity contribution in [2.24, 2.45) is 0 Å². The fraction of sp³-hybridized carbons (Fsp3) is 0.857. The summed E-state index contributed by atoms with van der Waals surface area (Å²) in [5, 5.41) is 12.3. The maximum absolute atomic E-state index is 12.5. The van der Waals surface area contributed by atoms with Gasteiger partial charge in [-0.2, -0.15) is 0 Å². The van der Waals surface area contributed by atoms with Crippen molar-refractivity contribution in [2.75, 3.05) is 13.7 Å². The van der Waals surface area contributed by atoms with Crippen LogP contribution in [0, 0.1) is 0 Å². The van der Waals surface area contributed by atoms with E-state index in [-0.39, 0.29) is 11.3 Å². The number of carboxylic acid groups (broad SMARTS) is 1. The highest BCUT2D eigenvalue weighted by Gasteiger charge is 2.72. The van der Waals surface area contributed by atoms with Crippen molar-refractivity contribution < 1.29 is 19.4 Å². The zero-order chi connectivity index (χ0) is 15.8. The first-order chi connectivity index (χ1) is 9.81. The van der Waals surface area contributed by atoms with E-state index in [4.69, 9.17) is 4.74 Å². The number of unbranched alkanes of at least 4 members (excludes halogenated alkanes) is 2. The van der Waals surface area contributed by atoms with E-state index in [1.165, 1.54) is 23.8 Å². The number of methoxy groups -OCH3 is 1. The second kappa shape index (κ2) is 5.78. The minimum atomic E-state index is -1.07. The summed E-state index contributed by atoms with van der Waals surface area (Å²) in [4.78, 5) is 25.5. The Morgan fingerprint density at radius 2 is 2.14 bits per heavy atom. The van der Waals surface area contributed by atoms with Crippen LogP contribution in [-0.2, 0) is 14.3 Å². The number of rotatable bonds is 7. The number of ether oxygens (including phenoxy) is 1. The lowest BCUT2D eigenvalue weighted by Crippen LogP contribution is -2.79. The van der Waals surface area contributed by atoms with E-state index in [1.54, 1.807) is 0 Å². The zero-order valence-corrected chi connectivity index (χ0v) is 13.8. The van der Waals surface area contributed by atoms with E-state index >= 15 is 0 Å². The molecule has 2 heterocycles. The lowest BCUT2D eigenvalue weighted by Gasteiger charge is -2.52. The molecule has 6 nitrogen and oxygen atoms in total. The molecule has 1 amide bonds. The molecule has 2 aliphatic rings. The summed E-state index contributed by atoms with van der Waals surface area (Å²) in [7, 11) is 1.50. The smallest absolute Gasteiger partial charge is 0.327 e.